The van der Waals surface area contributed by atoms with Crippen molar-refractivity contribution in [3.05, 3.63) is 29.8 Å². The fourth-order valence-corrected chi connectivity index (χ4v) is 2.03. The first-order chi connectivity index (χ1) is 8.48. The molecule has 18 heavy (non-hydrogen) atoms. The van der Waals surface area contributed by atoms with E-state index in [-0.39, 0.29) is 6.04 Å². The maximum Gasteiger partial charge on any atom is 0.119 e. The summed E-state index contributed by atoms with van der Waals surface area (Å²) in [6, 6.07) is 8.20. The summed E-state index contributed by atoms with van der Waals surface area (Å²) >= 11 is 0. The van der Waals surface area contributed by atoms with E-state index in [4.69, 9.17) is 4.74 Å². The molecule has 3 heteroatoms. The lowest BCUT2D eigenvalue weighted by Crippen LogP contribution is -2.38. The van der Waals surface area contributed by atoms with Gasteiger partial charge in [-0.05, 0) is 38.0 Å². The molecule has 1 aromatic carbocycles. The average Bonchev–Trinajstić information content (AvgIpc) is 2.36. The van der Waals surface area contributed by atoms with Crippen LogP contribution in [0, 0.1) is 0 Å². The molecule has 1 aromatic rings. The van der Waals surface area contributed by atoms with Gasteiger partial charge in [0.15, 0.2) is 0 Å². The molecule has 0 saturated carbocycles. The second kappa shape index (κ2) is 6.76. The van der Waals surface area contributed by atoms with Crippen LogP contribution in [-0.4, -0.2) is 24.4 Å². The van der Waals surface area contributed by atoms with Crippen LogP contribution in [0.3, 0.4) is 0 Å². The highest BCUT2D eigenvalue weighted by atomic mass is 16.5. The van der Waals surface area contributed by atoms with Crippen LogP contribution in [0.2, 0.25) is 0 Å². The number of hydrogen-bond acceptors (Lipinski definition) is 3. The number of hydrogen-bond donors (Lipinski definition) is 2. The van der Waals surface area contributed by atoms with Crippen molar-refractivity contribution in [2.75, 3.05) is 13.7 Å². The van der Waals surface area contributed by atoms with E-state index in [1.807, 2.05) is 25.1 Å². The Morgan fingerprint density at radius 1 is 1.44 bits per heavy atom. The van der Waals surface area contributed by atoms with Gasteiger partial charge in [-0.3, -0.25) is 0 Å². The quantitative estimate of drug-likeness (QED) is 0.783. The molecule has 0 aliphatic rings. The summed E-state index contributed by atoms with van der Waals surface area (Å²) in [5.74, 6) is 0.862. The first kappa shape index (κ1) is 15.0. The second-order valence-corrected chi connectivity index (χ2v) is 5.13. The largest absolute Gasteiger partial charge is 0.497 e. The van der Waals surface area contributed by atoms with Crippen molar-refractivity contribution in [2.45, 2.75) is 45.3 Å². The monoisotopic (exact) mass is 251 g/mol. The first-order valence-corrected chi connectivity index (χ1v) is 6.58. The van der Waals surface area contributed by atoms with Gasteiger partial charge >= 0.3 is 0 Å². The van der Waals surface area contributed by atoms with Gasteiger partial charge in [0.1, 0.15) is 5.75 Å². The molecule has 0 amide bonds. The fourth-order valence-electron chi connectivity index (χ4n) is 2.03. The van der Waals surface area contributed by atoms with Crippen LogP contribution in [0.5, 0.6) is 5.75 Å². The number of rotatable bonds is 7. The summed E-state index contributed by atoms with van der Waals surface area (Å²) in [4.78, 5) is 0. The zero-order valence-corrected chi connectivity index (χ0v) is 11.9. The van der Waals surface area contributed by atoms with Gasteiger partial charge in [-0.25, -0.2) is 0 Å². The molecule has 0 aliphatic heterocycles. The van der Waals surface area contributed by atoms with Crippen molar-refractivity contribution >= 4 is 0 Å². The van der Waals surface area contributed by atoms with E-state index in [0.717, 1.165) is 18.6 Å². The Morgan fingerprint density at radius 3 is 2.78 bits per heavy atom. The van der Waals surface area contributed by atoms with Crippen LogP contribution in [0.15, 0.2) is 24.3 Å². The molecule has 0 radical (unpaired) electrons. The van der Waals surface area contributed by atoms with Crippen LogP contribution in [0.4, 0.5) is 0 Å². The van der Waals surface area contributed by atoms with Crippen molar-refractivity contribution in [3.63, 3.8) is 0 Å². The van der Waals surface area contributed by atoms with Gasteiger partial charge in [-0.15, -0.1) is 0 Å². The minimum atomic E-state index is -0.637. The van der Waals surface area contributed by atoms with Crippen molar-refractivity contribution in [2.24, 2.45) is 0 Å². The number of ether oxygens (including phenoxy) is 1. The molecule has 3 nitrogen and oxygen atoms in total. The average molecular weight is 251 g/mol. The number of methoxy groups -OCH3 is 1. The zero-order chi connectivity index (χ0) is 13.6. The van der Waals surface area contributed by atoms with E-state index >= 15 is 0 Å². The van der Waals surface area contributed by atoms with Gasteiger partial charge in [-0.2, -0.15) is 0 Å². The molecular weight excluding hydrogens is 226 g/mol. The predicted molar refractivity (Wildman–Crippen MR) is 74.9 cm³/mol. The van der Waals surface area contributed by atoms with Crippen molar-refractivity contribution in [1.82, 2.24) is 5.32 Å². The molecule has 1 rings (SSSR count). The standard InChI is InChI=1S/C15H25NO2/c1-5-9-15(3,17)11-16-12(2)13-7-6-8-14(10-13)18-4/h6-8,10,12,16-17H,5,9,11H2,1-4H3. The molecule has 0 fully saturated rings. The Bertz CT molecular complexity index is 363. The Morgan fingerprint density at radius 2 is 2.17 bits per heavy atom. The highest BCUT2D eigenvalue weighted by Gasteiger charge is 2.19. The highest BCUT2D eigenvalue weighted by Crippen LogP contribution is 2.19. The number of aliphatic hydroxyl groups is 1. The molecule has 0 aromatic heterocycles. The van der Waals surface area contributed by atoms with Crippen molar-refractivity contribution in [1.29, 1.82) is 0 Å². The lowest BCUT2D eigenvalue weighted by molar-refractivity contribution is 0.0476. The van der Waals surface area contributed by atoms with E-state index in [9.17, 15) is 5.11 Å². The Hall–Kier alpha value is -1.06. The van der Waals surface area contributed by atoms with E-state index in [0.29, 0.717) is 6.54 Å². The molecule has 0 saturated heterocycles. The van der Waals surface area contributed by atoms with Gasteiger partial charge < -0.3 is 15.2 Å². The fraction of sp³-hybridized carbons (Fsp3) is 0.600. The minimum Gasteiger partial charge on any atom is -0.497 e. The molecule has 0 bridgehead atoms. The predicted octanol–water partition coefficient (Wildman–Crippen LogP) is 2.90. The van der Waals surface area contributed by atoms with Crippen LogP contribution in [-0.2, 0) is 0 Å². The Balaban J connectivity index is 2.56. The van der Waals surface area contributed by atoms with Gasteiger partial charge in [0, 0.05) is 12.6 Å². The molecule has 0 heterocycles. The Labute approximate surface area is 110 Å². The van der Waals surface area contributed by atoms with Gasteiger partial charge in [0.25, 0.3) is 0 Å². The lowest BCUT2D eigenvalue weighted by atomic mass is 9.99. The normalized spacial score (nSPS) is 16.1. The third-order valence-electron chi connectivity index (χ3n) is 3.17. The third-order valence-corrected chi connectivity index (χ3v) is 3.17. The third kappa shape index (κ3) is 4.67. The topological polar surface area (TPSA) is 41.5 Å². The first-order valence-electron chi connectivity index (χ1n) is 6.58. The molecule has 102 valence electrons. The van der Waals surface area contributed by atoms with E-state index in [1.54, 1.807) is 7.11 Å². The zero-order valence-electron chi connectivity index (χ0n) is 11.9. The minimum absolute atomic E-state index is 0.198. The maximum absolute atomic E-state index is 10.1. The Kier molecular flexibility index (Phi) is 5.63. The van der Waals surface area contributed by atoms with Crippen molar-refractivity contribution in [3.8, 4) is 5.75 Å². The molecule has 2 unspecified atom stereocenters. The summed E-state index contributed by atoms with van der Waals surface area (Å²) in [6.07, 6.45) is 1.80. The number of nitrogens with one attached hydrogen (secondary N) is 1. The van der Waals surface area contributed by atoms with Crippen LogP contribution >= 0.6 is 0 Å². The molecule has 2 atom stereocenters. The summed E-state index contributed by atoms with van der Waals surface area (Å²) < 4.78 is 5.21. The summed E-state index contributed by atoms with van der Waals surface area (Å²) in [7, 11) is 1.67. The second-order valence-electron chi connectivity index (χ2n) is 5.13. The van der Waals surface area contributed by atoms with E-state index in [2.05, 4.69) is 25.2 Å². The molecule has 0 spiro atoms. The molecular formula is C15H25NO2. The summed E-state index contributed by atoms with van der Waals surface area (Å²) in [5.41, 5.74) is 0.531. The van der Waals surface area contributed by atoms with Gasteiger partial charge in [0.05, 0.1) is 12.7 Å². The molecule has 0 aliphatic carbocycles. The smallest absolute Gasteiger partial charge is 0.119 e. The van der Waals surface area contributed by atoms with E-state index in [1.165, 1.54) is 5.56 Å². The van der Waals surface area contributed by atoms with Crippen LogP contribution in [0.25, 0.3) is 0 Å². The maximum atomic E-state index is 10.1. The van der Waals surface area contributed by atoms with Gasteiger partial charge in [-0.1, -0.05) is 25.5 Å². The van der Waals surface area contributed by atoms with Crippen molar-refractivity contribution < 1.29 is 9.84 Å². The lowest BCUT2D eigenvalue weighted by Gasteiger charge is -2.25. The van der Waals surface area contributed by atoms with Crippen LogP contribution < -0.4 is 10.1 Å². The number of benzene rings is 1. The van der Waals surface area contributed by atoms with E-state index < -0.39 is 5.60 Å². The van der Waals surface area contributed by atoms with Gasteiger partial charge in [0.2, 0.25) is 0 Å². The van der Waals surface area contributed by atoms with Crippen LogP contribution in [0.1, 0.15) is 45.2 Å². The molecule has 2 N–H and O–H groups in total. The summed E-state index contributed by atoms with van der Waals surface area (Å²) in [5, 5.41) is 13.5. The SMILES string of the molecule is CCCC(C)(O)CNC(C)c1cccc(OC)c1. The highest BCUT2D eigenvalue weighted by molar-refractivity contribution is 5.30. The summed E-state index contributed by atoms with van der Waals surface area (Å²) in [6.45, 7) is 6.65.